The van der Waals surface area contributed by atoms with Gasteiger partial charge in [-0.05, 0) is 18.1 Å². The van der Waals surface area contributed by atoms with Crippen molar-refractivity contribution < 1.29 is 27.9 Å². The quantitative estimate of drug-likeness (QED) is 0.879. The number of aliphatic carboxylic acids is 1. The van der Waals surface area contributed by atoms with E-state index in [2.05, 4.69) is 5.32 Å². The zero-order valence-corrected chi connectivity index (χ0v) is 11.6. The Hall–Kier alpha value is -2.05. The molecular formula is C14H16F3NO3. The van der Waals surface area contributed by atoms with E-state index in [1.807, 2.05) is 0 Å². The number of carboxylic acids is 1. The van der Waals surface area contributed by atoms with Gasteiger partial charge in [-0.3, -0.25) is 4.79 Å². The Kier molecular flexibility index (Phi) is 5.34. The summed E-state index contributed by atoms with van der Waals surface area (Å²) in [5.74, 6) is -2.72. The Bertz CT molecular complexity index is 528. The predicted octanol–water partition coefficient (Wildman–Crippen LogP) is 2.93. The van der Waals surface area contributed by atoms with E-state index >= 15 is 0 Å². The lowest BCUT2D eigenvalue weighted by Gasteiger charge is -2.21. The van der Waals surface area contributed by atoms with Crippen LogP contribution in [0.3, 0.4) is 0 Å². The molecule has 0 aliphatic rings. The van der Waals surface area contributed by atoms with E-state index in [1.54, 1.807) is 13.8 Å². The Balaban J connectivity index is 3.07. The van der Waals surface area contributed by atoms with Crippen LogP contribution in [-0.2, 0) is 11.0 Å². The number of rotatable bonds is 5. The molecule has 1 amide bonds. The van der Waals surface area contributed by atoms with E-state index in [0.717, 1.165) is 12.1 Å². The number of amides is 1. The number of alkyl halides is 3. The maximum atomic E-state index is 12.8. The van der Waals surface area contributed by atoms with Crippen molar-refractivity contribution in [2.45, 2.75) is 32.5 Å². The molecule has 0 aliphatic heterocycles. The van der Waals surface area contributed by atoms with Gasteiger partial charge in [0.15, 0.2) is 0 Å². The summed E-state index contributed by atoms with van der Waals surface area (Å²) in [6.45, 7) is 3.34. The molecule has 1 aromatic carbocycles. The molecule has 0 saturated carbocycles. The summed E-state index contributed by atoms with van der Waals surface area (Å²) in [5.41, 5.74) is -1.67. The third kappa shape index (κ3) is 4.21. The number of carbonyl (C=O) groups is 2. The fourth-order valence-electron chi connectivity index (χ4n) is 1.83. The van der Waals surface area contributed by atoms with E-state index < -0.39 is 41.1 Å². The maximum Gasteiger partial charge on any atom is 0.417 e. The fraction of sp³-hybridized carbons (Fsp3) is 0.429. The molecular weight excluding hydrogens is 287 g/mol. The molecule has 1 aromatic rings. The Morgan fingerprint density at radius 1 is 1.29 bits per heavy atom. The van der Waals surface area contributed by atoms with Gasteiger partial charge in [-0.1, -0.05) is 32.4 Å². The largest absolute Gasteiger partial charge is 0.480 e. The van der Waals surface area contributed by atoms with Crippen LogP contribution in [0.2, 0.25) is 0 Å². The van der Waals surface area contributed by atoms with Gasteiger partial charge in [-0.25, -0.2) is 4.79 Å². The Labute approximate surface area is 120 Å². The van der Waals surface area contributed by atoms with Crippen molar-refractivity contribution in [1.82, 2.24) is 5.32 Å². The topological polar surface area (TPSA) is 66.4 Å². The van der Waals surface area contributed by atoms with Crippen molar-refractivity contribution in [2.24, 2.45) is 5.92 Å². The van der Waals surface area contributed by atoms with Crippen molar-refractivity contribution in [2.75, 3.05) is 0 Å². The molecule has 0 aromatic heterocycles. The first-order valence-corrected chi connectivity index (χ1v) is 6.38. The first-order valence-electron chi connectivity index (χ1n) is 6.38. The van der Waals surface area contributed by atoms with Crippen LogP contribution in [0.4, 0.5) is 13.2 Å². The molecule has 0 aliphatic carbocycles. The molecule has 0 unspecified atom stereocenters. The molecule has 2 N–H and O–H groups in total. The van der Waals surface area contributed by atoms with Gasteiger partial charge < -0.3 is 10.4 Å². The minimum absolute atomic E-state index is 0.399. The zero-order chi connectivity index (χ0) is 16.2. The Morgan fingerprint density at radius 2 is 1.86 bits per heavy atom. The molecule has 0 saturated heterocycles. The molecule has 0 bridgehead atoms. The average molecular weight is 303 g/mol. The monoisotopic (exact) mass is 303 g/mol. The van der Waals surface area contributed by atoms with E-state index in [4.69, 9.17) is 5.11 Å². The summed E-state index contributed by atoms with van der Waals surface area (Å²) in [6, 6.07) is 3.04. The molecule has 2 atom stereocenters. The first-order chi connectivity index (χ1) is 9.68. The van der Waals surface area contributed by atoms with Gasteiger partial charge in [-0.15, -0.1) is 0 Å². The van der Waals surface area contributed by atoms with Crippen molar-refractivity contribution in [3.05, 3.63) is 35.4 Å². The summed E-state index contributed by atoms with van der Waals surface area (Å²) >= 11 is 0. The molecule has 4 nitrogen and oxygen atoms in total. The molecule has 7 heteroatoms. The van der Waals surface area contributed by atoms with Crippen molar-refractivity contribution in [1.29, 1.82) is 0 Å². The summed E-state index contributed by atoms with van der Waals surface area (Å²) < 4.78 is 38.5. The lowest BCUT2D eigenvalue weighted by Crippen LogP contribution is -2.45. The molecule has 0 spiro atoms. The van der Waals surface area contributed by atoms with Gasteiger partial charge >= 0.3 is 12.1 Å². The van der Waals surface area contributed by atoms with E-state index in [-0.39, 0.29) is 0 Å². The van der Waals surface area contributed by atoms with Crippen LogP contribution >= 0.6 is 0 Å². The second kappa shape index (κ2) is 6.60. The van der Waals surface area contributed by atoms with Gasteiger partial charge in [0.1, 0.15) is 6.04 Å². The summed E-state index contributed by atoms with van der Waals surface area (Å²) in [6.07, 6.45) is -4.21. The van der Waals surface area contributed by atoms with Crippen molar-refractivity contribution in [3.8, 4) is 0 Å². The molecule has 1 rings (SSSR count). The summed E-state index contributed by atoms with van der Waals surface area (Å²) in [4.78, 5) is 23.1. The minimum Gasteiger partial charge on any atom is -0.480 e. The van der Waals surface area contributed by atoms with Crippen LogP contribution in [-0.4, -0.2) is 23.0 Å². The first kappa shape index (κ1) is 17.0. The smallest absolute Gasteiger partial charge is 0.417 e. The molecule has 116 valence electrons. The zero-order valence-electron chi connectivity index (χ0n) is 11.6. The standard InChI is InChI=1S/C14H16F3NO3/c1-3-8(2)11(13(20)21)18-12(19)9-6-4-5-7-10(9)14(15,16)17/h4-8,11H,3H2,1-2H3,(H,18,19)(H,20,21)/t8-,11+/m1/s1. The highest BCUT2D eigenvalue weighted by atomic mass is 19.4. The van der Waals surface area contributed by atoms with Gasteiger partial charge in [-0.2, -0.15) is 13.2 Å². The lowest BCUT2D eigenvalue weighted by molar-refractivity contribution is -0.140. The van der Waals surface area contributed by atoms with Gasteiger partial charge in [0, 0.05) is 0 Å². The second-order valence-electron chi connectivity index (χ2n) is 4.72. The van der Waals surface area contributed by atoms with Crippen molar-refractivity contribution in [3.63, 3.8) is 0 Å². The van der Waals surface area contributed by atoms with Crippen LogP contribution in [0.1, 0.15) is 36.2 Å². The number of nitrogens with one attached hydrogen (secondary N) is 1. The van der Waals surface area contributed by atoms with Crippen LogP contribution in [0.25, 0.3) is 0 Å². The fourth-order valence-corrected chi connectivity index (χ4v) is 1.83. The molecule has 0 radical (unpaired) electrons. The minimum atomic E-state index is -4.68. The normalized spacial score (nSPS) is 14.3. The third-order valence-corrected chi connectivity index (χ3v) is 3.24. The molecule has 0 heterocycles. The van der Waals surface area contributed by atoms with Crippen LogP contribution in [0, 0.1) is 5.92 Å². The van der Waals surface area contributed by atoms with Crippen LogP contribution < -0.4 is 5.32 Å². The van der Waals surface area contributed by atoms with Crippen molar-refractivity contribution >= 4 is 11.9 Å². The second-order valence-corrected chi connectivity index (χ2v) is 4.72. The maximum absolute atomic E-state index is 12.8. The number of hydrogen-bond donors (Lipinski definition) is 2. The Morgan fingerprint density at radius 3 is 2.33 bits per heavy atom. The third-order valence-electron chi connectivity index (χ3n) is 3.24. The van der Waals surface area contributed by atoms with E-state index in [0.29, 0.717) is 6.42 Å². The average Bonchev–Trinajstić information content (AvgIpc) is 2.42. The summed E-state index contributed by atoms with van der Waals surface area (Å²) in [5, 5.41) is 11.2. The van der Waals surface area contributed by atoms with Crippen LogP contribution in [0.15, 0.2) is 24.3 Å². The van der Waals surface area contributed by atoms with Gasteiger partial charge in [0.2, 0.25) is 0 Å². The lowest BCUT2D eigenvalue weighted by atomic mass is 9.98. The number of carboxylic acid groups (broad SMARTS) is 1. The highest BCUT2D eigenvalue weighted by molar-refractivity contribution is 5.98. The highest BCUT2D eigenvalue weighted by Crippen LogP contribution is 2.31. The van der Waals surface area contributed by atoms with Crippen LogP contribution in [0.5, 0.6) is 0 Å². The number of halogens is 3. The van der Waals surface area contributed by atoms with E-state index in [1.165, 1.54) is 12.1 Å². The van der Waals surface area contributed by atoms with E-state index in [9.17, 15) is 22.8 Å². The molecule has 0 fully saturated rings. The number of hydrogen-bond acceptors (Lipinski definition) is 2. The number of benzene rings is 1. The summed E-state index contributed by atoms with van der Waals surface area (Å²) in [7, 11) is 0. The predicted molar refractivity (Wildman–Crippen MR) is 69.8 cm³/mol. The van der Waals surface area contributed by atoms with Gasteiger partial charge in [0.25, 0.3) is 5.91 Å². The highest BCUT2D eigenvalue weighted by Gasteiger charge is 2.36. The molecule has 21 heavy (non-hydrogen) atoms. The SMILES string of the molecule is CC[C@@H](C)[C@H](NC(=O)c1ccccc1C(F)(F)F)C(=O)O. The van der Waals surface area contributed by atoms with Gasteiger partial charge in [0.05, 0.1) is 11.1 Å². The number of carbonyl (C=O) groups excluding carboxylic acids is 1.